The van der Waals surface area contributed by atoms with E-state index in [1.165, 1.54) is 6.20 Å². The summed E-state index contributed by atoms with van der Waals surface area (Å²) >= 11 is 0. The largest absolute Gasteiger partial charge is 0.343 e. The van der Waals surface area contributed by atoms with Crippen molar-refractivity contribution in [3.63, 3.8) is 0 Å². The van der Waals surface area contributed by atoms with Crippen LogP contribution in [0.25, 0.3) is 0 Å². The molecular weight excluding hydrogens is 346 g/mol. The lowest BCUT2D eigenvalue weighted by molar-refractivity contribution is 0.0944. The standard InChI is InChI=1S/C19H21N5O3/c1-19(2,3)18-21-10-13(17(26)23-18)16(25)20-11-15-22-14(24-27-15)9-12-7-5-4-6-8-12/h4-8,10H,9,11H2,1-3H3,(H,20,25)(H,21,23,26). The summed E-state index contributed by atoms with van der Waals surface area (Å²) in [5.74, 6) is 0.767. The predicted octanol–water partition coefficient (Wildman–Crippen LogP) is 1.97. The minimum atomic E-state index is -0.549. The summed E-state index contributed by atoms with van der Waals surface area (Å²) < 4.78 is 5.14. The highest BCUT2D eigenvalue weighted by molar-refractivity contribution is 5.93. The first kappa shape index (κ1) is 18.5. The lowest BCUT2D eigenvalue weighted by Gasteiger charge is -2.16. The molecule has 2 heterocycles. The third kappa shape index (κ3) is 4.66. The number of hydrogen-bond donors (Lipinski definition) is 2. The molecule has 0 unspecified atom stereocenters. The van der Waals surface area contributed by atoms with Gasteiger partial charge in [-0.25, -0.2) is 4.98 Å². The maximum atomic E-state index is 12.2. The average molecular weight is 367 g/mol. The molecule has 1 aromatic carbocycles. The molecule has 0 spiro atoms. The molecule has 0 atom stereocenters. The summed E-state index contributed by atoms with van der Waals surface area (Å²) in [6.45, 7) is 5.80. The number of nitrogens with zero attached hydrogens (tertiary/aromatic N) is 3. The molecule has 0 fully saturated rings. The molecule has 3 rings (SSSR count). The van der Waals surface area contributed by atoms with Crippen molar-refractivity contribution in [1.29, 1.82) is 0 Å². The van der Waals surface area contributed by atoms with E-state index in [0.717, 1.165) is 5.56 Å². The van der Waals surface area contributed by atoms with E-state index in [1.807, 2.05) is 51.1 Å². The molecule has 140 valence electrons. The maximum absolute atomic E-state index is 12.2. The number of H-pyrrole nitrogens is 1. The number of benzene rings is 1. The molecule has 0 saturated carbocycles. The SMILES string of the molecule is CC(C)(C)c1ncc(C(=O)NCc2nc(Cc3ccccc3)no2)c(=O)[nH]1. The van der Waals surface area contributed by atoms with Gasteiger partial charge >= 0.3 is 0 Å². The molecule has 0 radical (unpaired) electrons. The van der Waals surface area contributed by atoms with E-state index in [-0.39, 0.29) is 23.4 Å². The second kappa shape index (κ2) is 7.53. The van der Waals surface area contributed by atoms with E-state index in [0.29, 0.717) is 18.1 Å². The van der Waals surface area contributed by atoms with Crippen LogP contribution >= 0.6 is 0 Å². The smallest absolute Gasteiger partial charge is 0.263 e. The molecule has 2 aromatic heterocycles. The quantitative estimate of drug-likeness (QED) is 0.713. The molecule has 0 bridgehead atoms. The summed E-state index contributed by atoms with van der Waals surface area (Å²) in [6, 6.07) is 9.75. The van der Waals surface area contributed by atoms with Crippen LogP contribution in [-0.2, 0) is 18.4 Å². The monoisotopic (exact) mass is 367 g/mol. The fourth-order valence-corrected chi connectivity index (χ4v) is 2.40. The van der Waals surface area contributed by atoms with Gasteiger partial charge in [0.25, 0.3) is 11.5 Å². The van der Waals surface area contributed by atoms with Crippen LogP contribution in [0, 0.1) is 0 Å². The van der Waals surface area contributed by atoms with E-state index in [2.05, 4.69) is 25.4 Å². The zero-order valence-corrected chi connectivity index (χ0v) is 15.4. The Kier molecular flexibility index (Phi) is 5.16. The van der Waals surface area contributed by atoms with Crippen LogP contribution in [0.15, 0.2) is 45.8 Å². The van der Waals surface area contributed by atoms with Crippen molar-refractivity contribution < 1.29 is 9.32 Å². The zero-order valence-electron chi connectivity index (χ0n) is 15.4. The lowest BCUT2D eigenvalue weighted by Crippen LogP contribution is -2.32. The van der Waals surface area contributed by atoms with Crippen LogP contribution in [0.2, 0.25) is 0 Å². The number of hydrogen-bond acceptors (Lipinski definition) is 6. The maximum Gasteiger partial charge on any atom is 0.263 e. The van der Waals surface area contributed by atoms with Crippen molar-refractivity contribution >= 4 is 5.91 Å². The molecule has 0 aliphatic carbocycles. The van der Waals surface area contributed by atoms with Gasteiger partial charge in [-0.15, -0.1) is 0 Å². The Hall–Kier alpha value is -3.29. The lowest BCUT2D eigenvalue weighted by atomic mass is 9.96. The van der Waals surface area contributed by atoms with E-state index >= 15 is 0 Å². The van der Waals surface area contributed by atoms with Crippen molar-refractivity contribution in [3.05, 3.63) is 75.5 Å². The van der Waals surface area contributed by atoms with Gasteiger partial charge in [0.2, 0.25) is 5.89 Å². The summed E-state index contributed by atoms with van der Waals surface area (Å²) in [7, 11) is 0. The second-order valence-corrected chi connectivity index (χ2v) is 7.17. The molecule has 8 nitrogen and oxygen atoms in total. The third-order valence-electron chi connectivity index (χ3n) is 3.87. The van der Waals surface area contributed by atoms with Crippen LogP contribution in [0.3, 0.4) is 0 Å². The number of aromatic amines is 1. The first-order chi connectivity index (χ1) is 12.8. The molecule has 0 aliphatic heterocycles. The minimum absolute atomic E-state index is 0.0289. The van der Waals surface area contributed by atoms with Gasteiger partial charge in [0.1, 0.15) is 11.4 Å². The van der Waals surface area contributed by atoms with Crippen molar-refractivity contribution in [2.24, 2.45) is 0 Å². The van der Waals surface area contributed by atoms with E-state index in [4.69, 9.17) is 4.52 Å². The van der Waals surface area contributed by atoms with Gasteiger partial charge in [0.05, 0.1) is 6.54 Å². The fraction of sp³-hybridized carbons (Fsp3) is 0.316. The topological polar surface area (TPSA) is 114 Å². The number of nitrogens with one attached hydrogen (secondary N) is 2. The summed E-state index contributed by atoms with van der Waals surface area (Å²) in [5, 5.41) is 6.50. The Labute approximate surface area is 156 Å². The number of carbonyl (C=O) groups excluding carboxylic acids is 1. The highest BCUT2D eigenvalue weighted by Crippen LogP contribution is 2.16. The van der Waals surface area contributed by atoms with Gasteiger partial charge in [0.15, 0.2) is 5.82 Å². The second-order valence-electron chi connectivity index (χ2n) is 7.17. The molecule has 0 saturated heterocycles. The third-order valence-corrected chi connectivity index (χ3v) is 3.87. The predicted molar refractivity (Wildman–Crippen MR) is 98.3 cm³/mol. The first-order valence-electron chi connectivity index (χ1n) is 8.56. The number of rotatable bonds is 5. The Balaban J connectivity index is 1.62. The molecule has 27 heavy (non-hydrogen) atoms. The fourth-order valence-electron chi connectivity index (χ4n) is 2.40. The van der Waals surface area contributed by atoms with Crippen LogP contribution < -0.4 is 10.9 Å². The number of amides is 1. The molecule has 1 amide bonds. The van der Waals surface area contributed by atoms with Gasteiger partial charge in [0, 0.05) is 18.0 Å². The summed E-state index contributed by atoms with van der Waals surface area (Å²) in [5.41, 5.74) is 0.202. The van der Waals surface area contributed by atoms with E-state index in [9.17, 15) is 9.59 Å². The number of aromatic nitrogens is 4. The Morgan fingerprint density at radius 2 is 1.96 bits per heavy atom. The van der Waals surface area contributed by atoms with Gasteiger partial charge in [-0.1, -0.05) is 56.3 Å². The Bertz CT molecular complexity index is 986. The highest BCUT2D eigenvalue weighted by atomic mass is 16.5. The van der Waals surface area contributed by atoms with E-state index < -0.39 is 11.5 Å². The Morgan fingerprint density at radius 1 is 1.22 bits per heavy atom. The van der Waals surface area contributed by atoms with Gasteiger partial charge in [-0.2, -0.15) is 4.98 Å². The molecule has 8 heteroatoms. The zero-order chi connectivity index (χ0) is 19.4. The van der Waals surface area contributed by atoms with Gasteiger partial charge < -0.3 is 14.8 Å². The summed E-state index contributed by atoms with van der Waals surface area (Å²) in [6.07, 6.45) is 1.82. The molecule has 2 N–H and O–H groups in total. The van der Waals surface area contributed by atoms with E-state index in [1.54, 1.807) is 0 Å². The first-order valence-corrected chi connectivity index (χ1v) is 8.56. The number of carbonyl (C=O) groups is 1. The van der Waals surface area contributed by atoms with Gasteiger partial charge in [-0.05, 0) is 5.56 Å². The highest BCUT2D eigenvalue weighted by Gasteiger charge is 2.19. The van der Waals surface area contributed by atoms with Crippen LogP contribution in [-0.4, -0.2) is 26.0 Å². The molecular formula is C19H21N5O3. The van der Waals surface area contributed by atoms with Crippen molar-refractivity contribution in [2.45, 2.75) is 39.2 Å². The average Bonchev–Trinajstić information content (AvgIpc) is 3.07. The van der Waals surface area contributed by atoms with Crippen molar-refractivity contribution in [1.82, 2.24) is 25.4 Å². The van der Waals surface area contributed by atoms with Gasteiger partial charge in [-0.3, -0.25) is 9.59 Å². The molecule has 0 aliphatic rings. The van der Waals surface area contributed by atoms with Crippen molar-refractivity contribution in [2.75, 3.05) is 0 Å². The summed E-state index contributed by atoms with van der Waals surface area (Å²) in [4.78, 5) is 35.4. The minimum Gasteiger partial charge on any atom is -0.343 e. The van der Waals surface area contributed by atoms with Crippen molar-refractivity contribution in [3.8, 4) is 0 Å². The van der Waals surface area contributed by atoms with Crippen LogP contribution in [0.1, 0.15) is 54.2 Å². The molecule has 3 aromatic rings. The Morgan fingerprint density at radius 3 is 2.63 bits per heavy atom. The van der Waals surface area contributed by atoms with Crippen LogP contribution in [0.4, 0.5) is 0 Å². The normalized spacial score (nSPS) is 11.4. The van der Waals surface area contributed by atoms with Crippen LogP contribution in [0.5, 0.6) is 0 Å².